The van der Waals surface area contributed by atoms with Crippen molar-refractivity contribution in [2.45, 2.75) is 30.8 Å². The molecule has 0 saturated heterocycles. The van der Waals surface area contributed by atoms with E-state index in [4.69, 9.17) is 9.47 Å². The summed E-state index contributed by atoms with van der Waals surface area (Å²) in [5.74, 6) is 0.973. The van der Waals surface area contributed by atoms with Crippen LogP contribution in [0.1, 0.15) is 24.5 Å². The van der Waals surface area contributed by atoms with E-state index in [0.717, 1.165) is 29.5 Å². The summed E-state index contributed by atoms with van der Waals surface area (Å²) in [6.07, 6.45) is 1.52. The number of hydrogen-bond donors (Lipinski definition) is 0. The van der Waals surface area contributed by atoms with Gasteiger partial charge in [-0.3, -0.25) is 4.79 Å². The summed E-state index contributed by atoms with van der Waals surface area (Å²) in [5.41, 5.74) is 2.67. The molecule has 0 fully saturated rings. The number of benzene rings is 2. The van der Waals surface area contributed by atoms with E-state index in [1.807, 2.05) is 6.92 Å². The quantitative estimate of drug-likeness (QED) is 0.567. The third kappa shape index (κ3) is 3.55. The third-order valence-electron chi connectivity index (χ3n) is 5.57. The molecule has 3 heterocycles. The topological polar surface area (TPSA) is 75.5 Å². The van der Waals surface area contributed by atoms with Crippen LogP contribution in [0.5, 0.6) is 11.5 Å². The number of nitrogens with zero attached hydrogens (tertiary/aromatic N) is 3. The second-order valence-corrected chi connectivity index (χ2v) is 8.53. The zero-order valence-corrected chi connectivity index (χ0v) is 17.5. The molecule has 156 valence electrons. The van der Waals surface area contributed by atoms with Gasteiger partial charge >= 0.3 is 0 Å². The van der Waals surface area contributed by atoms with Crippen molar-refractivity contribution >= 4 is 34.3 Å². The maximum absolute atomic E-state index is 13.6. The van der Waals surface area contributed by atoms with Gasteiger partial charge in [-0.05, 0) is 55.7 Å². The van der Waals surface area contributed by atoms with E-state index in [1.54, 1.807) is 29.2 Å². The van der Waals surface area contributed by atoms with Gasteiger partial charge in [0.2, 0.25) is 12.7 Å². The Morgan fingerprint density at radius 2 is 2.10 bits per heavy atom. The Hall–Kier alpha value is -3.31. The van der Waals surface area contributed by atoms with Crippen molar-refractivity contribution in [2.75, 3.05) is 17.4 Å². The SMILES string of the molecule is C[C@@H]1CCc2cc(F)ccc2N1C(=O)CSc1nc2cc3c(cc2cc1C#N)OCO3. The van der Waals surface area contributed by atoms with Gasteiger partial charge in [0.15, 0.2) is 11.5 Å². The lowest BCUT2D eigenvalue weighted by atomic mass is 9.96. The van der Waals surface area contributed by atoms with E-state index >= 15 is 0 Å². The number of anilines is 1. The van der Waals surface area contributed by atoms with Gasteiger partial charge in [0, 0.05) is 23.2 Å². The number of halogens is 1. The zero-order valence-electron chi connectivity index (χ0n) is 16.7. The molecule has 1 amide bonds. The zero-order chi connectivity index (χ0) is 21.5. The summed E-state index contributed by atoms with van der Waals surface area (Å²) in [5, 5.41) is 10.9. The fraction of sp³-hybridized carbons (Fsp3) is 0.261. The molecule has 3 aromatic rings. The molecular formula is C23H18FN3O3S. The van der Waals surface area contributed by atoms with Crippen LogP contribution < -0.4 is 14.4 Å². The number of ether oxygens (including phenoxy) is 2. The van der Waals surface area contributed by atoms with Crippen LogP contribution in [-0.2, 0) is 11.2 Å². The Morgan fingerprint density at radius 1 is 1.29 bits per heavy atom. The van der Waals surface area contributed by atoms with E-state index in [-0.39, 0.29) is 30.3 Å². The summed E-state index contributed by atoms with van der Waals surface area (Å²) >= 11 is 1.23. The molecule has 2 aliphatic heterocycles. The van der Waals surface area contributed by atoms with Crippen LogP contribution in [0.2, 0.25) is 0 Å². The number of pyridine rings is 1. The number of thioether (sulfide) groups is 1. The maximum atomic E-state index is 13.6. The summed E-state index contributed by atoms with van der Waals surface area (Å²) < 4.78 is 24.4. The van der Waals surface area contributed by atoms with Gasteiger partial charge in [-0.25, -0.2) is 9.37 Å². The van der Waals surface area contributed by atoms with E-state index in [0.29, 0.717) is 27.6 Å². The van der Waals surface area contributed by atoms with Gasteiger partial charge in [0.25, 0.3) is 0 Å². The van der Waals surface area contributed by atoms with Crippen molar-refractivity contribution in [3.63, 3.8) is 0 Å². The molecule has 6 nitrogen and oxygen atoms in total. The number of aryl methyl sites for hydroxylation is 1. The third-order valence-corrected chi connectivity index (χ3v) is 6.54. The monoisotopic (exact) mass is 435 g/mol. The smallest absolute Gasteiger partial charge is 0.237 e. The molecule has 1 atom stereocenters. The number of fused-ring (bicyclic) bond motifs is 3. The normalized spacial score (nSPS) is 16.8. The first-order chi connectivity index (χ1) is 15.0. The Balaban J connectivity index is 1.41. The van der Waals surface area contributed by atoms with Gasteiger partial charge < -0.3 is 14.4 Å². The minimum Gasteiger partial charge on any atom is -0.454 e. The molecule has 2 aliphatic rings. The lowest BCUT2D eigenvalue weighted by Gasteiger charge is -2.35. The molecule has 0 N–H and O–H groups in total. The second kappa shape index (κ2) is 7.75. The minimum absolute atomic E-state index is 0.0193. The van der Waals surface area contributed by atoms with Gasteiger partial charge in [-0.15, -0.1) is 0 Å². The number of amides is 1. The largest absolute Gasteiger partial charge is 0.454 e. The van der Waals surface area contributed by atoms with Crippen molar-refractivity contribution in [2.24, 2.45) is 0 Å². The molecule has 0 radical (unpaired) electrons. The van der Waals surface area contributed by atoms with Crippen LogP contribution in [0.3, 0.4) is 0 Å². The van der Waals surface area contributed by atoms with Crippen molar-refractivity contribution in [1.82, 2.24) is 4.98 Å². The summed E-state index contributed by atoms with van der Waals surface area (Å²) in [4.78, 5) is 19.4. The molecule has 8 heteroatoms. The summed E-state index contributed by atoms with van der Waals surface area (Å²) in [6, 6.07) is 12.1. The fourth-order valence-corrected chi connectivity index (χ4v) is 4.86. The Labute approximate surface area is 182 Å². The molecular weight excluding hydrogens is 417 g/mol. The molecule has 31 heavy (non-hydrogen) atoms. The van der Waals surface area contributed by atoms with Gasteiger partial charge in [0.1, 0.15) is 16.9 Å². The van der Waals surface area contributed by atoms with E-state index < -0.39 is 0 Å². The Kier molecular flexibility index (Phi) is 4.91. The van der Waals surface area contributed by atoms with Crippen LogP contribution in [0, 0.1) is 17.1 Å². The first-order valence-corrected chi connectivity index (χ1v) is 10.9. The minimum atomic E-state index is -0.296. The van der Waals surface area contributed by atoms with E-state index in [2.05, 4.69) is 11.1 Å². The number of aromatic nitrogens is 1. The first-order valence-electron chi connectivity index (χ1n) is 9.91. The predicted molar refractivity (Wildman–Crippen MR) is 115 cm³/mol. The maximum Gasteiger partial charge on any atom is 0.237 e. The summed E-state index contributed by atoms with van der Waals surface area (Å²) in [7, 11) is 0. The van der Waals surface area contributed by atoms with E-state index in [1.165, 1.54) is 23.9 Å². The standard InChI is InChI=1S/C23H18FN3O3S/c1-13-2-3-14-7-17(24)4-5-19(14)27(13)22(28)11-31-23-16(10-25)6-15-8-20-21(30-12-29-20)9-18(15)26-23/h4-9,13H,2-3,11-12H2,1H3/t13-/m1/s1. The number of hydrogen-bond acceptors (Lipinski definition) is 6. The number of carbonyl (C=O) groups excluding carboxylic acids is 1. The molecule has 1 aromatic heterocycles. The van der Waals surface area contributed by atoms with Crippen LogP contribution in [0.4, 0.5) is 10.1 Å². The van der Waals surface area contributed by atoms with Gasteiger partial charge in [-0.1, -0.05) is 11.8 Å². The molecule has 5 rings (SSSR count). The lowest BCUT2D eigenvalue weighted by molar-refractivity contribution is -0.116. The first kappa shape index (κ1) is 19.6. The van der Waals surface area contributed by atoms with Gasteiger partial charge in [0.05, 0.1) is 16.8 Å². The highest BCUT2D eigenvalue weighted by Crippen LogP contribution is 2.37. The lowest BCUT2D eigenvalue weighted by Crippen LogP contribution is -2.43. The van der Waals surface area contributed by atoms with Crippen LogP contribution in [0.15, 0.2) is 41.4 Å². The highest BCUT2D eigenvalue weighted by molar-refractivity contribution is 8.00. The average molecular weight is 435 g/mol. The van der Waals surface area contributed by atoms with E-state index in [9.17, 15) is 14.4 Å². The van der Waals surface area contributed by atoms with Crippen molar-refractivity contribution in [3.05, 3.63) is 53.3 Å². The average Bonchev–Trinajstić information content (AvgIpc) is 3.22. The molecule has 0 aliphatic carbocycles. The van der Waals surface area contributed by atoms with Crippen molar-refractivity contribution in [3.8, 4) is 17.6 Å². The van der Waals surface area contributed by atoms with Gasteiger partial charge in [-0.2, -0.15) is 5.26 Å². The van der Waals surface area contributed by atoms with Crippen LogP contribution in [-0.4, -0.2) is 29.5 Å². The molecule has 0 spiro atoms. The molecule has 2 aromatic carbocycles. The fourth-order valence-electron chi connectivity index (χ4n) is 4.04. The number of nitriles is 1. The van der Waals surface area contributed by atoms with Crippen molar-refractivity contribution < 1.29 is 18.7 Å². The molecule has 0 saturated carbocycles. The Bertz CT molecular complexity index is 1260. The van der Waals surface area contributed by atoms with Crippen LogP contribution >= 0.6 is 11.8 Å². The number of carbonyl (C=O) groups is 1. The highest BCUT2D eigenvalue weighted by atomic mass is 32.2. The van der Waals surface area contributed by atoms with Crippen molar-refractivity contribution in [1.29, 1.82) is 5.26 Å². The molecule has 0 unspecified atom stereocenters. The van der Waals surface area contributed by atoms with Crippen LogP contribution in [0.25, 0.3) is 10.9 Å². The predicted octanol–water partition coefficient (Wildman–Crippen LogP) is 4.43. The summed E-state index contributed by atoms with van der Waals surface area (Å²) in [6.45, 7) is 2.15. The highest BCUT2D eigenvalue weighted by Gasteiger charge is 2.28. The second-order valence-electron chi connectivity index (χ2n) is 7.56. The Morgan fingerprint density at radius 3 is 2.90 bits per heavy atom. The molecule has 0 bridgehead atoms. The number of rotatable bonds is 3.